The predicted octanol–water partition coefficient (Wildman–Crippen LogP) is 2.83. The zero-order chi connectivity index (χ0) is 18.0. The van der Waals surface area contributed by atoms with Crippen molar-refractivity contribution in [3.05, 3.63) is 17.7 Å². The highest BCUT2D eigenvalue weighted by Crippen LogP contribution is 2.46. The van der Waals surface area contributed by atoms with Crippen LogP contribution in [0.25, 0.3) is 0 Å². The van der Waals surface area contributed by atoms with Gasteiger partial charge in [0.25, 0.3) is 0 Å². The van der Waals surface area contributed by atoms with Crippen molar-refractivity contribution >= 4 is 11.7 Å². The number of carbonyl (C=O) groups excluding carboxylic acids is 2. The Labute approximate surface area is 148 Å². The number of nitrogens with zero attached hydrogens (tertiary/aromatic N) is 1. The molecule has 0 aliphatic carbocycles. The topological polar surface area (TPSA) is 65.1 Å². The van der Waals surface area contributed by atoms with Crippen molar-refractivity contribution in [2.45, 2.75) is 44.6 Å². The van der Waals surface area contributed by atoms with Crippen LogP contribution in [0.5, 0.6) is 17.2 Å². The fourth-order valence-corrected chi connectivity index (χ4v) is 3.57. The second kappa shape index (κ2) is 6.94. The molecule has 1 aromatic carbocycles. The van der Waals surface area contributed by atoms with Crippen LogP contribution in [-0.4, -0.2) is 49.5 Å². The molecule has 1 aromatic rings. The van der Waals surface area contributed by atoms with Gasteiger partial charge in [-0.2, -0.15) is 0 Å². The average Bonchev–Trinajstić information content (AvgIpc) is 3.13. The molecule has 1 amide bonds. The number of rotatable bonds is 5. The third-order valence-corrected chi connectivity index (χ3v) is 5.01. The maximum absolute atomic E-state index is 12.6. The summed E-state index contributed by atoms with van der Waals surface area (Å²) in [6, 6.07) is 3.41. The van der Waals surface area contributed by atoms with Crippen molar-refractivity contribution < 1.29 is 23.8 Å². The number of methoxy groups -OCH3 is 2. The number of hydrogen-bond acceptors (Lipinski definition) is 5. The molecule has 25 heavy (non-hydrogen) atoms. The Bertz CT molecular complexity index is 681. The van der Waals surface area contributed by atoms with E-state index in [2.05, 4.69) is 0 Å². The van der Waals surface area contributed by atoms with E-state index in [0.29, 0.717) is 35.7 Å². The van der Waals surface area contributed by atoms with E-state index < -0.39 is 5.60 Å². The molecule has 2 aliphatic heterocycles. The molecule has 0 bridgehead atoms. The lowest BCUT2D eigenvalue weighted by atomic mass is 9.87. The van der Waals surface area contributed by atoms with Crippen LogP contribution in [0.15, 0.2) is 12.1 Å². The van der Waals surface area contributed by atoms with E-state index >= 15 is 0 Å². The van der Waals surface area contributed by atoms with Crippen LogP contribution in [0.1, 0.15) is 49.4 Å². The number of ketones is 1. The van der Waals surface area contributed by atoms with Crippen molar-refractivity contribution in [2.75, 3.05) is 27.3 Å². The summed E-state index contributed by atoms with van der Waals surface area (Å²) in [5.41, 5.74) is -0.222. The van der Waals surface area contributed by atoms with Gasteiger partial charge in [-0.1, -0.05) is 0 Å². The Kier molecular flexibility index (Phi) is 4.88. The standard InChI is InChI=1S/C19H25NO5/c1-19(9-8-16(22)20-10-4-5-11-20)12-14(21)13-6-7-15(23-2)18(24-3)17(13)25-19/h6-7H,4-5,8-12H2,1-3H3/t19-/m1/s1. The molecule has 136 valence electrons. The van der Waals surface area contributed by atoms with Gasteiger partial charge in [0, 0.05) is 19.5 Å². The van der Waals surface area contributed by atoms with Crippen LogP contribution < -0.4 is 14.2 Å². The minimum absolute atomic E-state index is 0.00155. The highest BCUT2D eigenvalue weighted by molar-refractivity contribution is 6.01. The van der Waals surface area contributed by atoms with Gasteiger partial charge in [0.05, 0.1) is 26.2 Å². The van der Waals surface area contributed by atoms with Crippen LogP contribution in [-0.2, 0) is 4.79 Å². The Balaban J connectivity index is 1.78. The first kappa shape index (κ1) is 17.6. The predicted molar refractivity (Wildman–Crippen MR) is 92.6 cm³/mol. The molecule has 1 atom stereocenters. The number of benzene rings is 1. The van der Waals surface area contributed by atoms with Crippen LogP contribution in [0.4, 0.5) is 0 Å². The van der Waals surface area contributed by atoms with Crippen molar-refractivity contribution in [2.24, 2.45) is 0 Å². The quantitative estimate of drug-likeness (QED) is 0.819. The number of ether oxygens (including phenoxy) is 3. The second-order valence-corrected chi connectivity index (χ2v) is 6.92. The fourth-order valence-electron chi connectivity index (χ4n) is 3.57. The van der Waals surface area contributed by atoms with Gasteiger partial charge >= 0.3 is 0 Å². The largest absolute Gasteiger partial charge is 0.493 e. The molecule has 0 radical (unpaired) electrons. The molecule has 6 heteroatoms. The van der Waals surface area contributed by atoms with E-state index in [4.69, 9.17) is 14.2 Å². The first-order valence-electron chi connectivity index (χ1n) is 8.72. The highest BCUT2D eigenvalue weighted by atomic mass is 16.5. The minimum atomic E-state index is -0.723. The molecule has 1 fully saturated rings. The Hall–Kier alpha value is -2.24. The molecule has 6 nitrogen and oxygen atoms in total. The van der Waals surface area contributed by atoms with E-state index in [1.54, 1.807) is 19.2 Å². The third-order valence-electron chi connectivity index (χ3n) is 5.01. The lowest BCUT2D eigenvalue weighted by molar-refractivity contribution is -0.131. The number of likely N-dealkylation sites (tertiary alicyclic amines) is 1. The minimum Gasteiger partial charge on any atom is -0.493 e. The summed E-state index contributed by atoms with van der Waals surface area (Å²) in [5, 5.41) is 0. The first-order chi connectivity index (χ1) is 12.0. The van der Waals surface area contributed by atoms with Crippen LogP contribution >= 0.6 is 0 Å². The van der Waals surface area contributed by atoms with Crippen LogP contribution in [0.2, 0.25) is 0 Å². The Morgan fingerprint density at radius 2 is 1.96 bits per heavy atom. The summed E-state index contributed by atoms with van der Waals surface area (Å²) in [4.78, 5) is 26.8. The van der Waals surface area contributed by atoms with Gasteiger partial charge < -0.3 is 19.1 Å². The fraction of sp³-hybridized carbons (Fsp3) is 0.579. The average molecular weight is 347 g/mol. The lowest BCUT2D eigenvalue weighted by Gasteiger charge is -2.36. The number of hydrogen-bond donors (Lipinski definition) is 0. The molecule has 1 saturated heterocycles. The maximum Gasteiger partial charge on any atom is 0.222 e. The zero-order valence-electron chi connectivity index (χ0n) is 15.1. The van der Waals surface area contributed by atoms with Crippen LogP contribution in [0.3, 0.4) is 0 Å². The second-order valence-electron chi connectivity index (χ2n) is 6.92. The summed E-state index contributed by atoms with van der Waals surface area (Å²) >= 11 is 0. The van der Waals surface area contributed by atoms with Gasteiger partial charge in [-0.05, 0) is 38.3 Å². The smallest absolute Gasteiger partial charge is 0.222 e. The van der Waals surface area contributed by atoms with Gasteiger partial charge in [-0.3, -0.25) is 9.59 Å². The van der Waals surface area contributed by atoms with E-state index in [-0.39, 0.29) is 18.1 Å². The van der Waals surface area contributed by atoms with Gasteiger partial charge in [-0.25, -0.2) is 0 Å². The number of Topliss-reactive ketones (excluding diaryl/α,β-unsaturated/α-hetero) is 1. The lowest BCUT2D eigenvalue weighted by Crippen LogP contribution is -2.40. The van der Waals surface area contributed by atoms with E-state index in [1.807, 2.05) is 11.8 Å². The monoisotopic (exact) mass is 347 g/mol. The molecule has 0 spiro atoms. The summed E-state index contributed by atoms with van der Waals surface area (Å²) < 4.78 is 16.9. The normalized spacial score (nSPS) is 22.4. The van der Waals surface area contributed by atoms with E-state index in [1.165, 1.54) is 7.11 Å². The summed E-state index contributed by atoms with van der Waals surface area (Å²) in [7, 11) is 3.07. The Morgan fingerprint density at radius 1 is 1.24 bits per heavy atom. The SMILES string of the molecule is COc1ccc2c(c1OC)O[C@](C)(CCC(=O)N1CCCC1)CC2=O. The number of carbonyl (C=O) groups is 2. The van der Waals surface area contributed by atoms with Gasteiger partial charge in [0.2, 0.25) is 11.7 Å². The van der Waals surface area contributed by atoms with E-state index in [9.17, 15) is 9.59 Å². The van der Waals surface area contributed by atoms with Gasteiger partial charge in [0.15, 0.2) is 17.3 Å². The third kappa shape index (κ3) is 3.43. The van der Waals surface area contributed by atoms with Gasteiger partial charge in [-0.15, -0.1) is 0 Å². The van der Waals surface area contributed by atoms with Crippen molar-refractivity contribution in [1.29, 1.82) is 0 Å². The van der Waals surface area contributed by atoms with Crippen LogP contribution in [0, 0.1) is 0 Å². The molecule has 0 saturated carbocycles. The first-order valence-corrected chi connectivity index (χ1v) is 8.72. The molecule has 0 N–H and O–H groups in total. The highest BCUT2D eigenvalue weighted by Gasteiger charge is 2.39. The summed E-state index contributed by atoms with van der Waals surface area (Å²) in [6.45, 7) is 3.55. The zero-order valence-corrected chi connectivity index (χ0v) is 15.1. The molecular weight excluding hydrogens is 322 g/mol. The molecule has 2 heterocycles. The maximum atomic E-state index is 12.6. The van der Waals surface area contributed by atoms with Crippen molar-refractivity contribution in [1.82, 2.24) is 4.90 Å². The van der Waals surface area contributed by atoms with Gasteiger partial charge in [0.1, 0.15) is 5.60 Å². The number of fused-ring (bicyclic) bond motifs is 1. The summed E-state index contributed by atoms with van der Waals surface area (Å²) in [6.07, 6.45) is 3.27. The number of amides is 1. The molecule has 0 unspecified atom stereocenters. The molecule has 0 aromatic heterocycles. The molecular formula is C19H25NO5. The Morgan fingerprint density at radius 3 is 2.60 bits per heavy atom. The van der Waals surface area contributed by atoms with Crippen molar-refractivity contribution in [3.63, 3.8) is 0 Å². The van der Waals surface area contributed by atoms with E-state index in [0.717, 1.165) is 25.9 Å². The molecule has 3 rings (SSSR count). The molecule has 2 aliphatic rings. The summed E-state index contributed by atoms with van der Waals surface area (Å²) in [5.74, 6) is 1.49. The van der Waals surface area contributed by atoms with Crippen molar-refractivity contribution in [3.8, 4) is 17.2 Å².